The smallest absolute Gasteiger partial charge is 0.220 e. The highest BCUT2D eigenvalue weighted by Gasteiger charge is 2.20. The number of benzene rings is 3. The molecule has 0 unspecified atom stereocenters. The molecule has 0 saturated heterocycles. The minimum atomic E-state index is -0.611. The van der Waals surface area contributed by atoms with Crippen LogP contribution in [0.1, 0.15) is 36.0 Å². The fourth-order valence-corrected chi connectivity index (χ4v) is 3.48. The van der Waals surface area contributed by atoms with Gasteiger partial charge in [-0.2, -0.15) is 0 Å². The summed E-state index contributed by atoms with van der Waals surface area (Å²) in [5.41, 5.74) is 3.10. The molecule has 3 aromatic rings. The van der Waals surface area contributed by atoms with Gasteiger partial charge in [0.05, 0.1) is 13.7 Å². The van der Waals surface area contributed by atoms with Gasteiger partial charge in [0, 0.05) is 19.4 Å². The first kappa shape index (κ1) is 24.2. The lowest BCUT2D eigenvalue weighted by Crippen LogP contribution is -2.29. The number of amides is 1. The third kappa shape index (κ3) is 8.54. The van der Waals surface area contributed by atoms with Crippen LogP contribution in [0.3, 0.4) is 0 Å². The summed E-state index contributed by atoms with van der Waals surface area (Å²) in [5.74, 6) is 0.699. The minimum absolute atomic E-state index is 0.0257. The molecule has 0 aliphatic rings. The molecule has 0 heterocycles. The summed E-state index contributed by atoms with van der Waals surface area (Å²) in [6, 6.07) is 27.2. The van der Waals surface area contributed by atoms with Gasteiger partial charge in [0.2, 0.25) is 5.91 Å². The maximum absolute atomic E-state index is 12.9. The zero-order chi connectivity index (χ0) is 23.3. The van der Waals surface area contributed by atoms with Crippen LogP contribution in [-0.2, 0) is 33.9 Å². The van der Waals surface area contributed by atoms with Crippen LogP contribution in [0.25, 0.3) is 0 Å². The van der Waals surface area contributed by atoms with Gasteiger partial charge in [-0.15, -0.1) is 0 Å². The van der Waals surface area contributed by atoms with Crippen molar-refractivity contribution in [2.75, 3.05) is 7.11 Å². The summed E-state index contributed by atoms with van der Waals surface area (Å²) in [7, 11) is 1.62. The normalized spacial score (nSPS) is 11.5. The Labute approximate surface area is 195 Å². The summed E-state index contributed by atoms with van der Waals surface area (Å²) >= 11 is 0. The van der Waals surface area contributed by atoms with Crippen molar-refractivity contribution in [3.63, 3.8) is 0 Å². The summed E-state index contributed by atoms with van der Waals surface area (Å²) in [6.07, 6.45) is 1.02. The number of hydrogen-bond acceptors (Lipinski definition) is 4. The molecular formula is C28H31NO4. The molecule has 1 atom stereocenters. The molecule has 1 amide bonds. The van der Waals surface area contributed by atoms with Crippen LogP contribution in [-0.4, -0.2) is 24.9 Å². The van der Waals surface area contributed by atoms with Crippen LogP contribution in [0, 0.1) is 0 Å². The highest BCUT2D eigenvalue weighted by molar-refractivity contribution is 5.84. The monoisotopic (exact) mass is 445 g/mol. The highest BCUT2D eigenvalue weighted by Crippen LogP contribution is 2.14. The van der Waals surface area contributed by atoms with Crippen molar-refractivity contribution in [2.24, 2.45) is 0 Å². The number of Topliss-reactive ketones (excluding diaryl/α,β-unsaturated/α-hetero) is 1. The second-order valence-corrected chi connectivity index (χ2v) is 7.90. The minimum Gasteiger partial charge on any atom is -0.497 e. The molecule has 0 saturated carbocycles. The van der Waals surface area contributed by atoms with Gasteiger partial charge in [-0.3, -0.25) is 9.59 Å². The van der Waals surface area contributed by atoms with Crippen molar-refractivity contribution in [3.05, 3.63) is 102 Å². The second-order valence-electron chi connectivity index (χ2n) is 7.90. The highest BCUT2D eigenvalue weighted by atomic mass is 16.5. The number of carbonyl (C=O) groups is 2. The summed E-state index contributed by atoms with van der Waals surface area (Å²) < 4.78 is 11.1. The number of ketones is 1. The lowest BCUT2D eigenvalue weighted by atomic mass is 10.0. The Morgan fingerprint density at radius 1 is 0.788 bits per heavy atom. The lowest BCUT2D eigenvalue weighted by Gasteiger charge is -2.17. The van der Waals surface area contributed by atoms with E-state index in [0.29, 0.717) is 32.4 Å². The maximum Gasteiger partial charge on any atom is 0.220 e. The van der Waals surface area contributed by atoms with E-state index in [4.69, 9.17) is 9.47 Å². The summed E-state index contributed by atoms with van der Waals surface area (Å²) in [5, 5.41) is 2.92. The third-order valence-corrected chi connectivity index (χ3v) is 5.44. The molecule has 0 bridgehead atoms. The average molecular weight is 446 g/mol. The Morgan fingerprint density at radius 3 is 2.06 bits per heavy atom. The van der Waals surface area contributed by atoms with Crippen molar-refractivity contribution in [1.29, 1.82) is 0 Å². The van der Waals surface area contributed by atoms with Crippen molar-refractivity contribution < 1.29 is 19.1 Å². The number of ether oxygens (including phenoxy) is 2. The molecule has 1 N–H and O–H groups in total. The predicted octanol–water partition coefficient (Wildman–Crippen LogP) is 4.88. The molecule has 0 aliphatic heterocycles. The molecule has 0 spiro atoms. The van der Waals surface area contributed by atoms with Gasteiger partial charge in [0.15, 0.2) is 5.78 Å². The Balaban J connectivity index is 1.51. The maximum atomic E-state index is 12.9. The van der Waals surface area contributed by atoms with E-state index in [-0.39, 0.29) is 18.1 Å². The molecular weight excluding hydrogens is 414 g/mol. The molecule has 3 rings (SSSR count). The van der Waals surface area contributed by atoms with Gasteiger partial charge in [-0.1, -0.05) is 72.8 Å². The first-order valence-electron chi connectivity index (χ1n) is 11.3. The Morgan fingerprint density at radius 2 is 1.42 bits per heavy atom. The van der Waals surface area contributed by atoms with Gasteiger partial charge >= 0.3 is 0 Å². The first-order chi connectivity index (χ1) is 16.1. The van der Waals surface area contributed by atoms with E-state index in [1.165, 1.54) is 0 Å². The lowest BCUT2D eigenvalue weighted by molar-refractivity contribution is -0.132. The van der Waals surface area contributed by atoms with E-state index in [9.17, 15) is 9.59 Å². The number of methoxy groups -OCH3 is 1. The number of hydrogen-bond donors (Lipinski definition) is 1. The Bertz CT molecular complexity index is 987. The number of rotatable bonds is 13. The van der Waals surface area contributed by atoms with E-state index >= 15 is 0 Å². The van der Waals surface area contributed by atoms with E-state index in [1.54, 1.807) is 7.11 Å². The zero-order valence-corrected chi connectivity index (χ0v) is 19.0. The zero-order valence-electron chi connectivity index (χ0n) is 19.0. The van der Waals surface area contributed by atoms with Gasteiger partial charge in [-0.05, 0) is 41.7 Å². The molecule has 3 aromatic carbocycles. The van der Waals surface area contributed by atoms with E-state index < -0.39 is 6.10 Å². The summed E-state index contributed by atoms with van der Waals surface area (Å²) in [6.45, 7) is 0.774. The van der Waals surface area contributed by atoms with Crippen LogP contribution in [0.5, 0.6) is 5.75 Å². The van der Waals surface area contributed by atoms with Crippen molar-refractivity contribution in [1.82, 2.24) is 5.32 Å². The number of aryl methyl sites for hydroxylation is 1. The second kappa shape index (κ2) is 13.2. The largest absolute Gasteiger partial charge is 0.497 e. The Hall–Kier alpha value is -3.44. The fraction of sp³-hybridized carbons (Fsp3) is 0.286. The van der Waals surface area contributed by atoms with Crippen molar-refractivity contribution in [2.45, 2.75) is 44.9 Å². The van der Waals surface area contributed by atoms with Crippen molar-refractivity contribution >= 4 is 11.7 Å². The Kier molecular flexibility index (Phi) is 9.67. The third-order valence-electron chi connectivity index (χ3n) is 5.44. The predicted molar refractivity (Wildman–Crippen MR) is 129 cm³/mol. The number of carbonyl (C=O) groups excluding carboxylic acids is 2. The first-order valence-corrected chi connectivity index (χ1v) is 11.3. The van der Waals surface area contributed by atoms with Gasteiger partial charge in [0.25, 0.3) is 0 Å². The quantitative estimate of drug-likeness (QED) is 0.407. The molecule has 5 heteroatoms. The van der Waals surface area contributed by atoms with Crippen LogP contribution in [0.15, 0.2) is 84.9 Å². The van der Waals surface area contributed by atoms with E-state index in [1.807, 2.05) is 84.9 Å². The van der Waals surface area contributed by atoms with Gasteiger partial charge in [-0.25, -0.2) is 0 Å². The molecule has 172 valence electrons. The standard InChI is InChI=1S/C28H31NO4/c1-32-25-15-12-23(13-16-25)20-29-28(31)19-18-27(33-21-24-10-6-3-7-11-24)26(30)17-14-22-8-4-2-5-9-22/h2-13,15-16,27H,14,17-21H2,1H3,(H,29,31)/t27-/m0/s1. The molecule has 0 aliphatic carbocycles. The summed E-state index contributed by atoms with van der Waals surface area (Å²) in [4.78, 5) is 25.3. The van der Waals surface area contributed by atoms with Gasteiger partial charge < -0.3 is 14.8 Å². The van der Waals surface area contributed by atoms with E-state index in [0.717, 1.165) is 22.4 Å². The topological polar surface area (TPSA) is 64.6 Å². The van der Waals surface area contributed by atoms with Gasteiger partial charge in [0.1, 0.15) is 11.9 Å². The fourth-order valence-electron chi connectivity index (χ4n) is 3.48. The van der Waals surface area contributed by atoms with Crippen LogP contribution in [0.4, 0.5) is 0 Å². The molecule has 0 radical (unpaired) electrons. The molecule has 33 heavy (non-hydrogen) atoms. The molecule has 0 fully saturated rings. The number of nitrogens with one attached hydrogen (secondary N) is 1. The van der Waals surface area contributed by atoms with Crippen LogP contribution >= 0.6 is 0 Å². The SMILES string of the molecule is COc1ccc(CNC(=O)CC[C@H](OCc2ccccc2)C(=O)CCc2ccccc2)cc1. The van der Waals surface area contributed by atoms with Crippen LogP contribution in [0.2, 0.25) is 0 Å². The molecule has 0 aromatic heterocycles. The average Bonchev–Trinajstić information content (AvgIpc) is 2.87. The van der Waals surface area contributed by atoms with E-state index in [2.05, 4.69) is 5.32 Å². The molecule has 5 nitrogen and oxygen atoms in total. The van der Waals surface area contributed by atoms with Crippen molar-refractivity contribution in [3.8, 4) is 5.75 Å². The van der Waals surface area contributed by atoms with Crippen LogP contribution < -0.4 is 10.1 Å².